The maximum atomic E-state index is 13.3. The number of aryl methyl sites for hydroxylation is 1. The van der Waals surface area contributed by atoms with E-state index in [0.29, 0.717) is 5.69 Å². The first-order valence-electron chi connectivity index (χ1n) is 7.83. The fourth-order valence-corrected chi connectivity index (χ4v) is 2.74. The van der Waals surface area contributed by atoms with E-state index in [9.17, 15) is 9.18 Å². The fraction of sp³-hybridized carbons (Fsp3) is 0.158. The summed E-state index contributed by atoms with van der Waals surface area (Å²) >= 11 is 5.80. The third-order valence-electron chi connectivity index (χ3n) is 3.91. The van der Waals surface area contributed by atoms with Gasteiger partial charge in [-0.3, -0.25) is 4.79 Å². The average molecular weight is 358 g/mol. The minimum atomic E-state index is -0.485. The van der Waals surface area contributed by atoms with Crippen LogP contribution in [0.3, 0.4) is 0 Å². The molecule has 1 aromatic heterocycles. The van der Waals surface area contributed by atoms with Crippen molar-refractivity contribution in [1.82, 2.24) is 15.1 Å². The number of amides is 1. The molecule has 4 nitrogen and oxygen atoms in total. The fourth-order valence-electron chi connectivity index (χ4n) is 2.55. The Kier molecular flexibility index (Phi) is 4.86. The van der Waals surface area contributed by atoms with Gasteiger partial charge < -0.3 is 5.32 Å². The van der Waals surface area contributed by atoms with Gasteiger partial charge in [-0.05, 0) is 49.7 Å². The molecule has 1 unspecified atom stereocenters. The largest absolute Gasteiger partial charge is 0.344 e. The number of rotatable bonds is 4. The Balaban J connectivity index is 1.78. The van der Waals surface area contributed by atoms with Crippen LogP contribution in [0.5, 0.6) is 0 Å². The lowest BCUT2D eigenvalue weighted by Crippen LogP contribution is -2.27. The number of benzene rings is 2. The predicted molar refractivity (Wildman–Crippen MR) is 95.6 cm³/mol. The molecule has 0 fully saturated rings. The maximum absolute atomic E-state index is 13.3. The number of halogens is 2. The smallest absolute Gasteiger partial charge is 0.272 e. The topological polar surface area (TPSA) is 46.9 Å². The van der Waals surface area contributed by atoms with Gasteiger partial charge in [0.15, 0.2) is 5.69 Å². The van der Waals surface area contributed by atoms with Crippen LogP contribution in [0.25, 0.3) is 5.69 Å². The SMILES string of the molecule is Cc1cc(C(=O)NC(C)c2ccc(F)c(Cl)c2)nn1-c1ccccc1. The molecule has 128 valence electrons. The van der Waals surface area contributed by atoms with Gasteiger partial charge in [0.2, 0.25) is 0 Å². The summed E-state index contributed by atoms with van der Waals surface area (Å²) in [6.07, 6.45) is 0. The Hall–Kier alpha value is -2.66. The lowest BCUT2D eigenvalue weighted by molar-refractivity contribution is 0.0934. The Morgan fingerprint density at radius 3 is 2.60 bits per heavy atom. The number of carbonyl (C=O) groups is 1. The third kappa shape index (κ3) is 3.72. The minimum Gasteiger partial charge on any atom is -0.344 e. The summed E-state index contributed by atoms with van der Waals surface area (Å²) in [5.41, 5.74) is 2.78. The predicted octanol–water partition coefficient (Wildman–Crippen LogP) is 4.46. The zero-order chi connectivity index (χ0) is 18.0. The molecule has 1 amide bonds. The van der Waals surface area contributed by atoms with Crippen molar-refractivity contribution in [3.8, 4) is 5.69 Å². The van der Waals surface area contributed by atoms with Crippen molar-refractivity contribution >= 4 is 17.5 Å². The quantitative estimate of drug-likeness (QED) is 0.749. The number of carbonyl (C=O) groups excluding carboxylic acids is 1. The molecule has 0 radical (unpaired) electrons. The van der Waals surface area contributed by atoms with Crippen LogP contribution in [0.15, 0.2) is 54.6 Å². The Labute approximate surface area is 150 Å². The van der Waals surface area contributed by atoms with E-state index in [2.05, 4.69) is 10.4 Å². The number of aromatic nitrogens is 2. The van der Waals surface area contributed by atoms with Crippen molar-refractivity contribution in [3.05, 3.63) is 82.4 Å². The summed E-state index contributed by atoms with van der Waals surface area (Å²) in [4.78, 5) is 12.5. The minimum absolute atomic E-state index is 0.0304. The number of para-hydroxylation sites is 1. The second kappa shape index (κ2) is 7.07. The van der Waals surface area contributed by atoms with E-state index in [-0.39, 0.29) is 17.0 Å². The van der Waals surface area contributed by atoms with Crippen LogP contribution in [0.1, 0.15) is 34.7 Å². The Morgan fingerprint density at radius 2 is 1.92 bits per heavy atom. The zero-order valence-corrected chi connectivity index (χ0v) is 14.6. The van der Waals surface area contributed by atoms with Gasteiger partial charge in [0.1, 0.15) is 5.82 Å². The highest BCUT2D eigenvalue weighted by molar-refractivity contribution is 6.30. The summed E-state index contributed by atoms with van der Waals surface area (Å²) in [6, 6.07) is 15.4. The van der Waals surface area contributed by atoms with Crippen LogP contribution in [0.4, 0.5) is 4.39 Å². The molecule has 1 heterocycles. The van der Waals surface area contributed by atoms with Gasteiger partial charge in [0.25, 0.3) is 5.91 Å². The Bertz CT molecular complexity index is 908. The molecule has 3 aromatic rings. The maximum Gasteiger partial charge on any atom is 0.272 e. The molecule has 0 bridgehead atoms. The molecule has 0 saturated carbocycles. The van der Waals surface area contributed by atoms with Crippen LogP contribution in [0, 0.1) is 12.7 Å². The van der Waals surface area contributed by atoms with Crippen molar-refractivity contribution < 1.29 is 9.18 Å². The van der Waals surface area contributed by atoms with E-state index in [1.807, 2.05) is 44.2 Å². The van der Waals surface area contributed by atoms with Crippen LogP contribution in [0.2, 0.25) is 5.02 Å². The zero-order valence-electron chi connectivity index (χ0n) is 13.8. The molecule has 0 spiro atoms. The second-order valence-corrected chi connectivity index (χ2v) is 6.19. The lowest BCUT2D eigenvalue weighted by atomic mass is 10.1. The van der Waals surface area contributed by atoms with Gasteiger partial charge in [0.05, 0.1) is 16.8 Å². The molecule has 25 heavy (non-hydrogen) atoms. The van der Waals surface area contributed by atoms with E-state index in [1.54, 1.807) is 16.8 Å². The van der Waals surface area contributed by atoms with Gasteiger partial charge in [-0.15, -0.1) is 0 Å². The number of nitrogens with zero attached hydrogens (tertiary/aromatic N) is 2. The van der Waals surface area contributed by atoms with E-state index in [0.717, 1.165) is 16.9 Å². The van der Waals surface area contributed by atoms with Crippen LogP contribution in [-0.2, 0) is 0 Å². The van der Waals surface area contributed by atoms with Gasteiger partial charge in [-0.25, -0.2) is 9.07 Å². The Morgan fingerprint density at radius 1 is 1.20 bits per heavy atom. The first-order valence-corrected chi connectivity index (χ1v) is 8.21. The van der Waals surface area contributed by atoms with E-state index in [1.165, 1.54) is 12.1 Å². The molecule has 1 atom stereocenters. The highest BCUT2D eigenvalue weighted by atomic mass is 35.5. The summed E-state index contributed by atoms with van der Waals surface area (Å²) < 4.78 is 15.0. The van der Waals surface area contributed by atoms with Crippen molar-refractivity contribution in [2.45, 2.75) is 19.9 Å². The molecule has 2 aromatic carbocycles. The van der Waals surface area contributed by atoms with Gasteiger partial charge in [0, 0.05) is 5.69 Å². The molecule has 0 saturated heterocycles. The van der Waals surface area contributed by atoms with Crippen LogP contribution in [-0.4, -0.2) is 15.7 Å². The third-order valence-corrected chi connectivity index (χ3v) is 4.20. The highest BCUT2D eigenvalue weighted by Crippen LogP contribution is 2.21. The highest BCUT2D eigenvalue weighted by Gasteiger charge is 2.17. The molecule has 6 heteroatoms. The van der Waals surface area contributed by atoms with Gasteiger partial charge in [-0.2, -0.15) is 5.10 Å². The van der Waals surface area contributed by atoms with Gasteiger partial charge in [-0.1, -0.05) is 35.9 Å². The summed E-state index contributed by atoms with van der Waals surface area (Å²) in [5.74, 6) is -0.785. The summed E-state index contributed by atoms with van der Waals surface area (Å²) in [7, 11) is 0. The first kappa shape index (κ1) is 17.2. The lowest BCUT2D eigenvalue weighted by Gasteiger charge is -2.14. The molecule has 0 aliphatic heterocycles. The first-order chi connectivity index (χ1) is 12.0. The van der Waals surface area contributed by atoms with Crippen molar-refractivity contribution in [2.75, 3.05) is 0 Å². The number of hydrogen-bond donors (Lipinski definition) is 1. The van der Waals surface area contributed by atoms with Crippen molar-refractivity contribution in [2.24, 2.45) is 0 Å². The van der Waals surface area contributed by atoms with E-state index in [4.69, 9.17) is 11.6 Å². The molecule has 0 aliphatic rings. The normalized spacial score (nSPS) is 12.0. The monoisotopic (exact) mass is 357 g/mol. The average Bonchev–Trinajstić information content (AvgIpc) is 3.00. The van der Waals surface area contributed by atoms with Crippen LogP contribution < -0.4 is 5.32 Å². The molecular formula is C19H17ClFN3O. The van der Waals surface area contributed by atoms with Crippen molar-refractivity contribution in [1.29, 1.82) is 0 Å². The van der Waals surface area contributed by atoms with Gasteiger partial charge >= 0.3 is 0 Å². The standard InChI is InChI=1S/C19H17ClFN3O/c1-12-10-18(23-24(12)15-6-4-3-5-7-15)19(25)22-13(2)14-8-9-17(21)16(20)11-14/h3-11,13H,1-2H3,(H,22,25). The molecule has 1 N–H and O–H groups in total. The molecule has 0 aliphatic carbocycles. The second-order valence-electron chi connectivity index (χ2n) is 5.79. The van der Waals surface area contributed by atoms with Crippen molar-refractivity contribution in [3.63, 3.8) is 0 Å². The summed E-state index contributed by atoms with van der Waals surface area (Å²) in [6.45, 7) is 3.70. The number of nitrogens with one attached hydrogen (secondary N) is 1. The van der Waals surface area contributed by atoms with E-state index < -0.39 is 5.82 Å². The molecular weight excluding hydrogens is 341 g/mol. The van der Waals surface area contributed by atoms with E-state index >= 15 is 0 Å². The van der Waals surface area contributed by atoms with Crippen LogP contribution >= 0.6 is 11.6 Å². The number of hydrogen-bond acceptors (Lipinski definition) is 2. The molecule has 3 rings (SSSR count). The summed E-state index contributed by atoms with van der Waals surface area (Å²) in [5, 5.41) is 7.26.